The van der Waals surface area contributed by atoms with Gasteiger partial charge in [0.15, 0.2) is 9.84 Å². The number of benzene rings is 1. The number of carbonyl (C=O) groups is 1. The Hall–Kier alpha value is -3.04. The molecule has 36 heavy (non-hydrogen) atoms. The van der Waals surface area contributed by atoms with Gasteiger partial charge in [-0.3, -0.25) is 15.1 Å². The number of carbonyl (C=O) groups excluding carboxylic acids is 1. The van der Waals surface area contributed by atoms with Gasteiger partial charge in [0.2, 0.25) is 5.91 Å². The van der Waals surface area contributed by atoms with Crippen LogP contribution in [-0.2, 0) is 14.6 Å². The maximum Gasteiger partial charge on any atom is 0.407 e. The van der Waals surface area contributed by atoms with Crippen LogP contribution in [0.3, 0.4) is 0 Å². The van der Waals surface area contributed by atoms with Gasteiger partial charge in [0.25, 0.3) is 0 Å². The molecule has 1 aliphatic rings. The van der Waals surface area contributed by atoms with Crippen LogP contribution in [0, 0.1) is 11.3 Å². The molecule has 1 aromatic carbocycles. The van der Waals surface area contributed by atoms with E-state index in [9.17, 15) is 36.0 Å². The first-order chi connectivity index (χ1) is 16.5. The second kappa shape index (κ2) is 9.78. The van der Waals surface area contributed by atoms with Gasteiger partial charge in [-0.05, 0) is 50.5 Å². The number of alkyl halides is 4. The van der Waals surface area contributed by atoms with Crippen LogP contribution >= 0.6 is 0 Å². The lowest BCUT2D eigenvalue weighted by Crippen LogP contribution is -2.53. The van der Waals surface area contributed by atoms with Crippen LogP contribution in [0.15, 0.2) is 47.5 Å². The highest BCUT2D eigenvalue weighted by Crippen LogP contribution is 2.36. The second-order valence-corrected chi connectivity index (χ2v) is 11.6. The van der Waals surface area contributed by atoms with E-state index >= 15 is 0 Å². The van der Waals surface area contributed by atoms with Gasteiger partial charge in [0.1, 0.15) is 17.2 Å². The van der Waals surface area contributed by atoms with Crippen LogP contribution in [0.25, 0.3) is 11.3 Å². The molecule has 1 saturated carbocycles. The summed E-state index contributed by atoms with van der Waals surface area (Å²) >= 11 is 0. The predicted octanol–water partition coefficient (Wildman–Crippen LogP) is 4.02. The SMILES string of the molecule is CC(C)(F)C[C@H](N[C@@H](c1ccc(-c2ccc(S(C)(=O)=O)cc2)nc1)C(F)(F)F)C(=O)NC1(C#N)CC1. The quantitative estimate of drug-likeness (QED) is 0.478. The Labute approximate surface area is 206 Å². The Morgan fingerprint density at radius 2 is 1.75 bits per heavy atom. The summed E-state index contributed by atoms with van der Waals surface area (Å²) in [5.74, 6) is -0.885. The maximum absolute atomic E-state index is 14.4. The topological polar surface area (TPSA) is 112 Å². The summed E-state index contributed by atoms with van der Waals surface area (Å²) in [4.78, 5) is 16.9. The Kier molecular flexibility index (Phi) is 7.49. The number of hydrogen-bond acceptors (Lipinski definition) is 6. The van der Waals surface area contributed by atoms with E-state index in [1.807, 2.05) is 6.07 Å². The van der Waals surface area contributed by atoms with Crippen molar-refractivity contribution in [3.05, 3.63) is 48.2 Å². The van der Waals surface area contributed by atoms with Crippen LogP contribution < -0.4 is 10.6 Å². The highest BCUT2D eigenvalue weighted by molar-refractivity contribution is 7.90. The molecular formula is C24H26F4N4O3S. The standard InChI is InChI=1S/C24H26F4N4O3S/c1-22(2,25)12-19(21(33)32-23(14-29)10-11-23)31-20(24(26,27)28)16-6-9-18(30-13-16)15-4-7-17(8-5-15)36(3,34)35/h4-9,13,19-20,31H,10-12H2,1-3H3,(H,32,33)/t19-,20-/m0/s1. The van der Waals surface area contributed by atoms with Crippen molar-refractivity contribution < 1.29 is 30.8 Å². The molecular weight excluding hydrogens is 500 g/mol. The van der Waals surface area contributed by atoms with Crippen LogP contribution in [-0.4, -0.2) is 49.0 Å². The van der Waals surface area contributed by atoms with Gasteiger partial charge in [-0.1, -0.05) is 18.2 Å². The Balaban J connectivity index is 1.86. The van der Waals surface area contributed by atoms with Crippen molar-refractivity contribution in [3.8, 4) is 17.3 Å². The van der Waals surface area contributed by atoms with Crippen LogP contribution in [0.5, 0.6) is 0 Å². The van der Waals surface area contributed by atoms with E-state index in [0.29, 0.717) is 24.1 Å². The van der Waals surface area contributed by atoms with Crippen molar-refractivity contribution >= 4 is 15.7 Å². The van der Waals surface area contributed by atoms with Crippen molar-refractivity contribution in [2.45, 2.75) is 67.5 Å². The largest absolute Gasteiger partial charge is 0.407 e. The highest BCUT2D eigenvalue weighted by atomic mass is 32.2. The molecule has 7 nitrogen and oxygen atoms in total. The van der Waals surface area contributed by atoms with E-state index in [1.165, 1.54) is 36.4 Å². The fraction of sp³-hybridized carbons (Fsp3) is 0.458. The molecule has 0 spiro atoms. The minimum absolute atomic E-state index is 0.0914. The molecule has 0 aliphatic heterocycles. The minimum Gasteiger partial charge on any atom is -0.336 e. The Morgan fingerprint density at radius 1 is 1.14 bits per heavy atom. The van der Waals surface area contributed by atoms with Gasteiger partial charge < -0.3 is 5.32 Å². The molecule has 3 rings (SSSR count). The lowest BCUT2D eigenvalue weighted by molar-refractivity contribution is -0.161. The van der Waals surface area contributed by atoms with E-state index in [4.69, 9.17) is 0 Å². The number of amides is 1. The predicted molar refractivity (Wildman–Crippen MR) is 124 cm³/mol. The van der Waals surface area contributed by atoms with Crippen molar-refractivity contribution in [1.82, 2.24) is 15.6 Å². The van der Waals surface area contributed by atoms with Gasteiger partial charge in [0.05, 0.1) is 22.7 Å². The van der Waals surface area contributed by atoms with Crippen LogP contribution in [0.2, 0.25) is 0 Å². The van der Waals surface area contributed by atoms with E-state index in [1.54, 1.807) is 0 Å². The number of aromatic nitrogens is 1. The fourth-order valence-corrected chi connectivity index (χ4v) is 4.26. The summed E-state index contributed by atoms with van der Waals surface area (Å²) in [5.41, 5.74) is -2.58. The highest BCUT2D eigenvalue weighted by Gasteiger charge is 2.48. The molecule has 1 heterocycles. The van der Waals surface area contributed by atoms with E-state index in [0.717, 1.165) is 26.3 Å². The van der Waals surface area contributed by atoms with Crippen molar-refractivity contribution in [2.24, 2.45) is 0 Å². The summed E-state index contributed by atoms with van der Waals surface area (Å²) in [6.07, 6.45) is -2.59. The number of rotatable bonds is 9. The minimum atomic E-state index is -4.84. The third kappa shape index (κ3) is 7.01. The normalized spacial score (nSPS) is 17.1. The average molecular weight is 527 g/mol. The van der Waals surface area contributed by atoms with E-state index in [-0.39, 0.29) is 10.5 Å². The fourth-order valence-electron chi connectivity index (χ4n) is 3.63. The van der Waals surface area contributed by atoms with Gasteiger partial charge in [0, 0.05) is 24.4 Å². The lowest BCUT2D eigenvalue weighted by Gasteiger charge is -2.30. The van der Waals surface area contributed by atoms with Gasteiger partial charge in [-0.2, -0.15) is 18.4 Å². The molecule has 1 aliphatic carbocycles. The van der Waals surface area contributed by atoms with Crippen LogP contribution in [0.4, 0.5) is 17.6 Å². The number of nitrogens with zero attached hydrogens (tertiary/aromatic N) is 2. The summed E-state index contributed by atoms with van der Waals surface area (Å²) < 4.78 is 79.7. The monoisotopic (exact) mass is 526 g/mol. The second-order valence-electron chi connectivity index (χ2n) is 9.57. The lowest BCUT2D eigenvalue weighted by atomic mass is 9.97. The molecule has 0 unspecified atom stereocenters. The summed E-state index contributed by atoms with van der Waals surface area (Å²) in [5, 5.41) is 13.9. The van der Waals surface area contributed by atoms with Crippen molar-refractivity contribution in [2.75, 3.05) is 6.26 Å². The molecule has 0 radical (unpaired) electrons. The van der Waals surface area contributed by atoms with Crippen molar-refractivity contribution in [1.29, 1.82) is 5.26 Å². The number of nitriles is 1. The number of pyridine rings is 1. The zero-order valence-electron chi connectivity index (χ0n) is 19.9. The first-order valence-electron chi connectivity index (χ1n) is 11.0. The Morgan fingerprint density at radius 3 is 2.17 bits per heavy atom. The summed E-state index contributed by atoms with van der Waals surface area (Å²) in [6, 6.07) is 6.29. The maximum atomic E-state index is 14.4. The molecule has 2 atom stereocenters. The third-order valence-electron chi connectivity index (χ3n) is 5.73. The smallest absolute Gasteiger partial charge is 0.336 e. The number of hydrogen-bond donors (Lipinski definition) is 2. The Bertz CT molecular complexity index is 1240. The van der Waals surface area contributed by atoms with Gasteiger partial charge in [-0.15, -0.1) is 0 Å². The average Bonchev–Trinajstić information content (AvgIpc) is 3.54. The van der Waals surface area contributed by atoms with Crippen LogP contribution in [0.1, 0.15) is 44.7 Å². The molecule has 1 amide bonds. The molecule has 0 bridgehead atoms. The van der Waals surface area contributed by atoms with E-state index in [2.05, 4.69) is 15.6 Å². The molecule has 1 fully saturated rings. The zero-order chi connectivity index (χ0) is 26.9. The molecule has 12 heteroatoms. The summed E-state index contributed by atoms with van der Waals surface area (Å²) in [7, 11) is -3.41. The first kappa shape index (κ1) is 27.5. The van der Waals surface area contributed by atoms with Crippen molar-refractivity contribution in [3.63, 3.8) is 0 Å². The first-order valence-corrected chi connectivity index (χ1v) is 12.9. The third-order valence-corrected chi connectivity index (χ3v) is 6.85. The molecule has 2 aromatic rings. The van der Waals surface area contributed by atoms with Gasteiger partial charge >= 0.3 is 6.18 Å². The molecule has 1 aromatic heterocycles. The summed E-state index contributed by atoms with van der Waals surface area (Å²) in [6.45, 7) is 2.31. The molecule has 194 valence electrons. The number of halogens is 4. The zero-order valence-corrected chi connectivity index (χ0v) is 20.7. The van der Waals surface area contributed by atoms with E-state index < -0.39 is 51.6 Å². The molecule has 2 N–H and O–H groups in total. The van der Waals surface area contributed by atoms with Gasteiger partial charge in [-0.25, -0.2) is 12.8 Å². The number of sulfone groups is 1. The molecule has 0 saturated heterocycles. The number of nitrogens with one attached hydrogen (secondary N) is 2.